The molecule has 0 bridgehead atoms. The number of hydrogen-bond donors (Lipinski definition) is 1. The van der Waals surface area contributed by atoms with E-state index in [0.29, 0.717) is 6.54 Å². The number of benzene rings is 1. The van der Waals surface area contributed by atoms with Crippen molar-refractivity contribution in [1.82, 2.24) is 15.1 Å². The second-order valence-electron chi connectivity index (χ2n) is 4.79. The Kier molecular flexibility index (Phi) is 4.67. The molecule has 2 aromatic rings. The van der Waals surface area contributed by atoms with Crippen LogP contribution >= 0.6 is 0 Å². The molecule has 1 N–H and O–H groups in total. The third kappa shape index (κ3) is 3.26. The first kappa shape index (κ1) is 15.6. The summed E-state index contributed by atoms with van der Waals surface area (Å²) in [6.45, 7) is 2.68. The van der Waals surface area contributed by atoms with E-state index in [2.05, 4.69) is 10.4 Å². The summed E-state index contributed by atoms with van der Waals surface area (Å²) in [5.74, 6) is 0. The molecule has 0 aliphatic heterocycles. The van der Waals surface area contributed by atoms with Crippen molar-refractivity contribution >= 4 is 0 Å². The lowest BCUT2D eigenvalue weighted by Crippen LogP contribution is -2.24. The van der Waals surface area contributed by atoms with Crippen LogP contribution in [0.3, 0.4) is 0 Å². The number of alkyl halides is 3. The molecule has 0 radical (unpaired) electrons. The summed E-state index contributed by atoms with van der Waals surface area (Å²) >= 11 is 0. The summed E-state index contributed by atoms with van der Waals surface area (Å²) in [5, 5.41) is 7.16. The fourth-order valence-corrected chi connectivity index (χ4v) is 2.46. The Labute approximate surface area is 121 Å². The maximum absolute atomic E-state index is 13.2. The van der Waals surface area contributed by atoms with E-state index < -0.39 is 17.8 Å². The second-order valence-corrected chi connectivity index (χ2v) is 4.79. The van der Waals surface area contributed by atoms with Crippen LogP contribution in [0.25, 0.3) is 0 Å². The number of hydrogen-bond acceptors (Lipinski definition) is 2. The van der Waals surface area contributed by atoms with Crippen LogP contribution in [0.2, 0.25) is 0 Å². The van der Waals surface area contributed by atoms with Crippen molar-refractivity contribution in [3.8, 4) is 0 Å². The molecule has 0 aliphatic rings. The van der Waals surface area contributed by atoms with Gasteiger partial charge in [-0.15, -0.1) is 0 Å². The topological polar surface area (TPSA) is 29.9 Å². The van der Waals surface area contributed by atoms with Crippen molar-refractivity contribution in [2.45, 2.75) is 32.1 Å². The fourth-order valence-electron chi connectivity index (χ4n) is 2.46. The standard InChI is InChI=1S/C15H18F3N3/c1-3-10-21-13(8-9-20-21)14(19-2)11-6-4-5-7-12(11)15(16,17)18/h4-9,14,19H,3,10H2,1-2H3. The highest BCUT2D eigenvalue weighted by molar-refractivity contribution is 5.37. The van der Waals surface area contributed by atoms with Crippen LogP contribution in [0.4, 0.5) is 13.2 Å². The van der Waals surface area contributed by atoms with Gasteiger partial charge in [-0.25, -0.2) is 0 Å². The maximum atomic E-state index is 13.2. The molecule has 0 saturated carbocycles. The Morgan fingerprint density at radius 2 is 1.95 bits per heavy atom. The van der Waals surface area contributed by atoms with E-state index in [1.165, 1.54) is 12.1 Å². The quantitative estimate of drug-likeness (QED) is 0.913. The highest BCUT2D eigenvalue weighted by Crippen LogP contribution is 2.36. The number of aryl methyl sites for hydroxylation is 1. The van der Waals surface area contributed by atoms with Gasteiger partial charge in [0.05, 0.1) is 17.3 Å². The number of rotatable bonds is 5. The zero-order chi connectivity index (χ0) is 15.5. The molecular weight excluding hydrogens is 279 g/mol. The molecule has 1 aromatic heterocycles. The van der Waals surface area contributed by atoms with Crippen molar-refractivity contribution in [2.24, 2.45) is 0 Å². The van der Waals surface area contributed by atoms with E-state index in [9.17, 15) is 13.2 Å². The second kappa shape index (κ2) is 6.30. The number of nitrogens with one attached hydrogen (secondary N) is 1. The predicted molar refractivity (Wildman–Crippen MR) is 74.9 cm³/mol. The third-order valence-corrected chi connectivity index (χ3v) is 3.35. The molecule has 6 heteroatoms. The minimum atomic E-state index is -4.37. The summed E-state index contributed by atoms with van der Waals surface area (Å²) in [7, 11) is 1.65. The molecule has 3 nitrogen and oxygen atoms in total. The molecular formula is C15H18F3N3. The van der Waals surface area contributed by atoms with Crippen LogP contribution in [-0.2, 0) is 12.7 Å². The molecule has 0 saturated heterocycles. The normalized spacial score (nSPS) is 13.4. The van der Waals surface area contributed by atoms with E-state index in [0.717, 1.165) is 18.2 Å². The molecule has 0 fully saturated rings. The van der Waals surface area contributed by atoms with Gasteiger partial charge in [-0.3, -0.25) is 4.68 Å². The van der Waals surface area contributed by atoms with Crippen LogP contribution in [0.1, 0.15) is 36.2 Å². The number of nitrogens with zero attached hydrogens (tertiary/aromatic N) is 2. The monoisotopic (exact) mass is 297 g/mol. The molecule has 21 heavy (non-hydrogen) atoms. The minimum absolute atomic E-state index is 0.213. The Bertz CT molecular complexity index is 590. The van der Waals surface area contributed by atoms with Crippen LogP contribution in [0, 0.1) is 0 Å². The summed E-state index contributed by atoms with van der Waals surface area (Å²) in [6, 6.07) is 6.85. The summed E-state index contributed by atoms with van der Waals surface area (Å²) in [4.78, 5) is 0. The highest BCUT2D eigenvalue weighted by atomic mass is 19.4. The van der Waals surface area contributed by atoms with Crippen molar-refractivity contribution < 1.29 is 13.2 Å². The molecule has 1 aromatic carbocycles. The molecule has 0 amide bonds. The molecule has 1 heterocycles. The molecule has 1 atom stereocenters. The van der Waals surface area contributed by atoms with E-state index in [1.807, 2.05) is 6.92 Å². The number of aromatic nitrogens is 2. The Morgan fingerprint density at radius 3 is 2.57 bits per heavy atom. The zero-order valence-corrected chi connectivity index (χ0v) is 12.0. The Hall–Kier alpha value is -1.82. The molecule has 114 valence electrons. The van der Waals surface area contributed by atoms with Crippen molar-refractivity contribution in [3.05, 3.63) is 53.3 Å². The third-order valence-electron chi connectivity index (χ3n) is 3.35. The van der Waals surface area contributed by atoms with Crippen molar-refractivity contribution in [1.29, 1.82) is 0 Å². The predicted octanol–water partition coefficient (Wildman–Crippen LogP) is 3.62. The van der Waals surface area contributed by atoms with Gasteiger partial charge in [0.25, 0.3) is 0 Å². The van der Waals surface area contributed by atoms with Gasteiger partial charge < -0.3 is 5.32 Å². The van der Waals surface area contributed by atoms with Gasteiger partial charge in [0.15, 0.2) is 0 Å². The lowest BCUT2D eigenvalue weighted by molar-refractivity contribution is -0.138. The lowest BCUT2D eigenvalue weighted by atomic mass is 9.97. The molecule has 0 aliphatic carbocycles. The van der Waals surface area contributed by atoms with Crippen LogP contribution < -0.4 is 5.32 Å². The molecule has 1 unspecified atom stereocenters. The largest absolute Gasteiger partial charge is 0.416 e. The van der Waals surface area contributed by atoms with E-state index >= 15 is 0 Å². The first-order valence-corrected chi connectivity index (χ1v) is 6.84. The zero-order valence-electron chi connectivity index (χ0n) is 12.0. The fraction of sp³-hybridized carbons (Fsp3) is 0.400. The van der Waals surface area contributed by atoms with Crippen molar-refractivity contribution in [3.63, 3.8) is 0 Å². The average Bonchev–Trinajstić information content (AvgIpc) is 2.88. The maximum Gasteiger partial charge on any atom is 0.416 e. The minimum Gasteiger partial charge on any atom is -0.308 e. The number of halogens is 3. The van der Waals surface area contributed by atoms with Gasteiger partial charge in [-0.2, -0.15) is 18.3 Å². The van der Waals surface area contributed by atoms with Gasteiger partial charge in [0, 0.05) is 12.7 Å². The lowest BCUT2D eigenvalue weighted by Gasteiger charge is -2.22. The van der Waals surface area contributed by atoms with Gasteiger partial charge in [-0.1, -0.05) is 25.1 Å². The van der Waals surface area contributed by atoms with Gasteiger partial charge in [0.1, 0.15) is 0 Å². The smallest absolute Gasteiger partial charge is 0.308 e. The summed E-state index contributed by atoms with van der Waals surface area (Å²) in [5.41, 5.74) is 0.329. The Balaban J connectivity index is 2.50. The highest BCUT2D eigenvalue weighted by Gasteiger charge is 2.35. The van der Waals surface area contributed by atoms with Gasteiger partial charge >= 0.3 is 6.18 Å². The first-order valence-electron chi connectivity index (χ1n) is 6.84. The van der Waals surface area contributed by atoms with Crippen LogP contribution in [0.5, 0.6) is 0 Å². The van der Waals surface area contributed by atoms with Crippen LogP contribution in [0.15, 0.2) is 36.5 Å². The van der Waals surface area contributed by atoms with E-state index in [1.54, 1.807) is 30.1 Å². The summed E-state index contributed by atoms with van der Waals surface area (Å²) < 4.78 is 41.3. The average molecular weight is 297 g/mol. The van der Waals surface area contributed by atoms with Gasteiger partial charge in [-0.05, 0) is 31.2 Å². The Morgan fingerprint density at radius 1 is 1.24 bits per heavy atom. The van der Waals surface area contributed by atoms with Crippen molar-refractivity contribution in [2.75, 3.05) is 7.05 Å². The first-order chi connectivity index (χ1) is 9.99. The molecule has 0 spiro atoms. The summed E-state index contributed by atoms with van der Waals surface area (Å²) in [6.07, 6.45) is -1.89. The van der Waals surface area contributed by atoms with Gasteiger partial charge in [0.2, 0.25) is 0 Å². The SMILES string of the molecule is CCCn1nccc1C(NC)c1ccccc1C(F)(F)F. The molecule has 2 rings (SSSR count). The van der Waals surface area contributed by atoms with E-state index in [4.69, 9.17) is 0 Å². The van der Waals surface area contributed by atoms with E-state index in [-0.39, 0.29) is 5.56 Å². The van der Waals surface area contributed by atoms with Crippen LogP contribution in [-0.4, -0.2) is 16.8 Å².